The van der Waals surface area contributed by atoms with Gasteiger partial charge in [0.15, 0.2) is 5.96 Å². The molecule has 0 saturated carbocycles. The summed E-state index contributed by atoms with van der Waals surface area (Å²) in [5.41, 5.74) is 2.40. The molecule has 1 unspecified atom stereocenters. The summed E-state index contributed by atoms with van der Waals surface area (Å²) < 4.78 is 5.13. The first-order valence-electron chi connectivity index (χ1n) is 8.44. The molecule has 0 aromatic heterocycles. The highest BCUT2D eigenvalue weighted by molar-refractivity contribution is 8.00. The Morgan fingerprint density at radius 1 is 1.04 bits per heavy atom. The third kappa shape index (κ3) is 7.20. The highest BCUT2D eigenvalue weighted by Gasteiger charge is 2.06. The Morgan fingerprint density at radius 3 is 2.36 bits per heavy atom. The molecular weight excluding hydrogens is 330 g/mol. The number of benzene rings is 2. The summed E-state index contributed by atoms with van der Waals surface area (Å²) in [6, 6.07) is 18.9. The van der Waals surface area contributed by atoms with Crippen LogP contribution in [0.4, 0.5) is 0 Å². The van der Waals surface area contributed by atoms with Crippen LogP contribution < -0.4 is 10.6 Å². The van der Waals surface area contributed by atoms with Crippen molar-refractivity contribution in [3.05, 3.63) is 65.7 Å². The molecule has 0 radical (unpaired) electrons. The molecule has 5 heteroatoms. The summed E-state index contributed by atoms with van der Waals surface area (Å²) in [7, 11) is 3.51. The first-order chi connectivity index (χ1) is 12.2. The Labute approximate surface area is 155 Å². The Balaban J connectivity index is 1.74. The van der Waals surface area contributed by atoms with E-state index in [1.165, 1.54) is 16.0 Å². The lowest BCUT2D eigenvalue weighted by Gasteiger charge is -2.16. The Morgan fingerprint density at radius 2 is 1.72 bits per heavy atom. The van der Waals surface area contributed by atoms with Crippen LogP contribution in [-0.4, -0.2) is 31.9 Å². The van der Waals surface area contributed by atoms with Crippen molar-refractivity contribution in [1.29, 1.82) is 0 Å². The predicted molar refractivity (Wildman–Crippen MR) is 107 cm³/mol. The number of guanidine groups is 1. The van der Waals surface area contributed by atoms with Crippen LogP contribution in [0.25, 0.3) is 0 Å². The standard InChI is InChI=1S/C20H27N3OS/c1-16(25-19-7-5-4-6-8-19)13-22-20(21-2)23-14-17-9-11-18(12-10-17)15-24-3/h4-12,16H,13-15H2,1-3H3,(H2,21,22,23). The molecule has 0 aliphatic heterocycles. The lowest BCUT2D eigenvalue weighted by molar-refractivity contribution is 0.185. The van der Waals surface area contributed by atoms with Crippen LogP contribution in [0.1, 0.15) is 18.1 Å². The molecule has 0 aliphatic rings. The van der Waals surface area contributed by atoms with Crippen molar-refractivity contribution < 1.29 is 4.74 Å². The first-order valence-corrected chi connectivity index (χ1v) is 9.32. The summed E-state index contributed by atoms with van der Waals surface area (Å²) >= 11 is 1.86. The van der Waals surface area contributed by atoms with Crippen molar-refractivity contribution in [2.24, 2.45) is 4.99 Å². The number of methoxy groups -OCH3 is 1. The first kappa shape index (κ1) is 19.3. The molecule has 2 aromatic rings. The second-order valence-corrected chi connectivity index (χ2v) is 7.31. The van der Waals surface area contributed by atoms with Crippen LogP contribution in [0, 0.1) is 0 Å². The molecule has 0 amide bonds. The van der Waals surface area contributed by atoms with E-state index in [1.54, 1.807) is 14.2 Å². The molecule has 25 heavy (non-hydrogen) atoms. The molecule has 0 fully saturated rings. The van der Waals surface area contributed by atoms with Gasteiger partial charge >= 0.3 is 0 Å². The highest BCUT2D eigenvalue weighted by Crippen LogP contribution is 2.21. The van der Waals surface area contributed by atoms with Crippen molar-refractivity contribution in [3.8, 4) is 0 Å². The fraction of sp³-hybridized carbons (Fsp3) is 0.350. The third-order valence-electron chi connectivity index (χ3n) is 3.65. The van der Waals surface area contributed by atoms with Gasteiger partial charge in [-0.15, -0.1) is 11.8 Å². The van der Waals surface area contributed by atoms with E-state index in [-0.39, 0.29) is 0 Å². The van der Waals surface area contributed by atoms with E-state index in [4.69, 9.17) is 4.74 Å². The van der Waals surface area contributed by atoms with E-state index < -0.39 is 0 Å². The van der Waals surface area contributed by atoms with Gasteiger partial charge in [0.05, 0.1) is 6.61 Å². The number of hydrogen-bond acceptors (Lipinski definition) is 3. The summed E-state index contributed by atoms with van der Waals surface area (Å²) in [5.74, 6) is 0.821. The fourth-order valence-electron chi connectivity index (χ4n) is 2.34. The molecule has 0 saturated heterocycles. The molecule has 2 aromatic carbocycles. The van der Waals surface area contributed by atoms with Crippen LogP contribution in [0.2, 0.25) is 0 Å². The van der Waals surface area contributed by atoms with Crippen LogP contribution in [0.5, 0.6) is 0 Å². The van der Waals surface area contributed by atoms with Crippen LogP contribution >= 0.6 is 11.8 Å². The van der Waals surface area contributed by atoms with Gasteiger partial charge in [0.2, 0.25) is 0 Å². The van der Waals surface area contributed by atoms with E-state index in [9.17, 15) is 0 Å². The zero-order valence-corrected chi connectivity index (χ0v) is 16.0. The van der Waals surface area contributed by atoms with Gasteiger partial charge in [-0.2, -0.15) is 0 Å². The maximum atomic E-state index is 5.13. The van der Waals surface area contributed by atoms with E-state index in [2.05, 4.69) is 71.1 Å². The van der Waals surface area contributed by atoms with Crippen molar-refractivity contribution in [2.75, 3.05) is 20.7 Å². The Hall–Kier alpha value is -1.98. The van der Waals surface area contributed by atoms with E-state index in [0.717, 1.165) is 19.0 Å². The van der Waals surface area contributed by atoms with Gasteiger partial charge in [0.1, 0.15) is 0 Å². The third-order valence-corrected chi connectivity index (χ3v) is 4.77. The fourth-order valence-corrected chi connectivity index (χ4v) is 3.29. The van der Waals surface area contributed by atoms with Gasteiger partial charge in [-0.1, -0.05) is 49.4 Å². The smallest absolute Gasteiger partial charge is 0.191 e. The molecular formula is C20H27N3OS. The molecule has 1 atom stereocenters. The van der Waals surface area contributed by atoms with Gasteiger partial charge in [0.25, 0.3) is 0 Å². The number of thioether (sulfide) groups is 1. The second-order valence-electron chi connectivity index (χ2n) is 5.80. The normalized spacial score (nSPS) is 12.7. The van der Waals surface area contributed by atoms with Crippen LogP contribution in [0.15, 0.2) is 64.5 Å². The number of rotatable bonds is 8. The summed E-state index contributed by atoms with van der Waals surface area (Å²) in [4.78, 5) is 5.58. The van der Waals surface area contributed by atoms with E-state index in [1.807, 2.05) is 17.8 Å². The topological polar surface area (TPSA) is 45.7 Å². The number of hydrogen-bond donors (Lipinski definition) is 2. The molecule has 0 spiro atoms. The van der Waals surface area contributed by atoms with Gasteiger partial charge in [-0.05, 0) is 23.3 Å². The predicted octanol–water partition coefficient (Wildman–Crippen LogP) is 3.68. The average molecular weight is 358 g/mol. The Kier molecular flexibility index (Phi) is 8.35. The SMILES string of the molecule is CN=C(NCc1ccc(COC)cc1)NCC(C)Sc1ccccc1. The molecule has 2 rings (SSSR count). The van der Waals surface area contributed by atoms with Crippen molar-refractivity contribution >= 4 is 17.7 Å². The Bertz CT molecular complexity index is 644. The van der Waals surface area contributed by atoms with Gasteiger partial charge in [-0.3, -0.25) is 4.99 Å². The maximum absolute atomic E-state index is 5.13. The minimum atomic E-state index is 0.453. The molecule has 0 aliphatic carbocycles. The lowest BCUT2D eigenvalue weighted by Crippen LogP contribution is -2.39. The van der Waals surface area contributed by atoms with Crippen molar-refractivity contribution in [2.45, 2.75) is 30.2 Å². The summed E-state index contributed by atoms with van der Waals surface area (Å²) in [5, 5.41) is 7.20. The molecule has 134 valence electrons. The van der Waals surface area contributed by atoms with Gasteiger partial charge < -0.3 is 15.4 Å². The van der Waals surface area contributed by atoms with E-state index in [0.29, 0.717) is 11.9 Å². The molecule has 0 bridgehead atoms. The van der Waals surface area contributed by atoms with Crippen LogP contribution in [-0.2, 0) is 17.9 Å². The van der Waals surface area contributed by atoms with Crippen molar-refractivity contribution in [1.82, 2.24) is 10.6 Å². The maximum Gasteiger partial charge on any atom is 0.191 e. The largest absolute Gasteiger partial charge is 0.380 e. The number of aliphatic imine (C=N–C) groups is 1. The highest BCUT2D eigenvalue weighted by atomic mass is 32.2. The monoisotopic (exact) mass is 357 g/mol. The summed E-state index contributed by atoms with van der Waals surface area (Å²) in [6.07, 6.45) is 0. The zero-order valence-electron chi connectivity index (χ0n) is 15.2. The zero-order chi connectivity index (χ0) is 17.9. The molecule has 0 heterocycles. The average Bonchev–Trinajstić information content (AvgIpc) is 2.64. The van der Waals surface area contributed by atoms with E-state index >= 15 is 0 Å². The van der Waals surface area contributed by atoms with Crippen LogP contribution in [0.3, 0.4) is 0 Å². The minimum absolute atomic E-state index is 0.453. The molecule has 2 N–H and O–H groups in total. The number of nitrogens with zero attached hydrogens (tertiary/aromatic N) is 1. The second kappa shape index (κ2) is 10.8. The van der Waals surface area contributed by atoms with Gasteiger partial charge in [0, 0.05) is 37.4 Å². The number of nitrogens with one attached hydrogen (secondary N) is 2. The molecule has 4 nitrogen and oxygen atoms in total. The quantitative estimate of drug-likeness (QED) is 0.430. The van der Waals surface area contributed by atoms with Crippen molar-refractivity contribution in [3.63, 3.8) is 0 Å². The minimum Gasteiger partial charge on any atom is -0.380 e. The lowest BCUT2D eigenvalue weighted by atomic mass is 10.1. The summed E-state index contributed by atoms with van der Waals surface area (Å²) in [6.45, 7) is 4.46. The van der Waals surface area contributed by atoms with Gasteiger partial charge in [-0.25, -0.2) is 0 Å². The number of ether oxygens (including phenoxy) is 1.